The Hall–Kier alpha value is -3.08. The van der Waals surface area contributed by atoms with Gasteiger partial charge >= 0.3 is 12.4 Å². The molecule has 2 aromatic carbocycles. The highest BCUT2D eigenvalue weighted by Gasteiger charge is 2.50. The second-order valence-electron chi connectivity index (χ2n) is 7.46. The number of halogens is 6. The van der Waals surface area contributed by atoms with Crippen LogP contribution in [0.4, 0.5) is 26.3 Å². The van der Waals surface area contributed by atoms with E-state index in [1.54, 1.807) is 24.3 Å². The highest BCUT2D eigenvalue weighted by molar-refractivity contribution is 5.43. The van der Waals surface area contributed by atoms with Crippen LogP contribution in [0.15, 0.2) is 42.5 Å². The number of hydrogen-bond donors (Lipinski definition) is 1. The van der Waals surface area contributed by atoms with Crippen molar-refractivity contribution in [2.45, 2.75) is 43.4 Å². The standard InChI is InChI=1S/C22H17F6N3O/c23-21(24,25)19-7-15(5-6-16(19)10-30)18-8-17(31-20(18)22(26,27)28)12-32-11-14-3-1-13(9-29)2-4-14/h1-7,17-18,20,31H,8,11-12H2/t17-,18?,20+/m0/s1. The van der Waals surface area contributed by atoms with Crippen LogP contribution < -0.4 is 5.32 Å². The second-order valence-corrected chi connectivity index (χ2v) is 7.46. The summed E-state index contributed by atoms with van der Waals surface area (Å²) in [5, 5.41) is 20.1. The number of nitrogens with one attached hydrogen (secondary N) is 1. The monoisotopic (exact) mass is 453 g/mol. The maximum absolute atomic E-state index is 13.6. The van der Waals surface area contributed by atoms with Crippen molar-refractivity contribution in [1.82, 2.24) is 5.32 Å². The van der Waals surface area contributed by atoms with Crippen LogP contribution >= 0.6 is 0 Å². The van der Waals surface area contributed by atoms with Crippen LogP contribution in [0.2, 0.25) is 0 Å². The minimum absolute atomic E-state index is 0.0779. The zero-order valence-electron chi connectivity index (χ0n) is 16.5. The Balaban J connectivity index is 1.74. The van der Waals surface area contributed by atoms with Gasteiger partial charge in [-0.15, -0.1) is 0 Å². The van der Waals surface area contributed by atoms with Crippen molar-refractivity contribution in [3.63, 3.8) is 0 Å². The quantitative estimate of drug-likeness (QED) is 0.644. The molecule has 1 heterocycles. The van der Waals surface area contributed by atoms with E-state index >= 15 is 0 Å². The molecule has 3 rings (SSSR count). The summed E-state index contributed by atoms with van der Waals surface area (Å²) in [5.74, 6) is -1.26. The molecule has 0 aliphatic carbocycles. The maximum atomic E-state index is 13.6. The van der Waals surface area contributed by atoms with Gasteiger partial charge in [-0.05, 0) is 41.8 Å². The lowest BCUT2D eigenvalue weighted by atomic mass is 9.88. The number of rotatable bonds is 5. The molecule has 1 aliphatic rings. The van der Waals surface area contributed by atoms with E-state index in [2.05, 4.69) is 5.32 Å². The SMILES string of the molecule is N#Cc1ccc(COC[C@@H]2CC(c3ccc(C#N)c(C(F)(F)F)c3)[C@H](C(F)(F)F)N2)cc1. The average Bonchev–Trinajstić information content (AvgIpc) is 3.18. The fourth-order valence-corrected chi connectivity index (χ4v) is 3.77. The Morgan fingerprint density at radius 3 is 2.22 bits per heavy atom. The summed E-state index contributed by atoms with van der Waals surface area (Å²) < 4.78 is 86.1. The smallest absolute Gasteiger partial charge is 0.375 e. The number of alkyl halides is 6. The largest absolute Gasteiger partial charge is 0.417 e. The predicted molar refractivity (Wildman–Crippen MR) is 101 cm³/mol. The van der Waals surface area contributed by atoms with Gasteiger partial charge in [0.25, 0.3) is 0 Å². The molecule has 4 nitrogen and oxygen atoms in total. The van der Waals surface area contributed by atoms with Crippen molar-refractivity contribution in [3.8, 4) is 12.1 Å². The highest BCUT2D eigenvalue weighted by atomic mass is 19.4. The predicted octanol–water partition coefficient (Wildman–Crippen LogP) is 5.04. The van der Waals surface area contributed by atoms with E-state index < -0.39 is 41.5 Å². The first-order chi connectivity index (χ1) is 15.0. The molecule has 0 spiro atoms. The van der Waals surface area contributed by atoms with Gasteiger partial charge in [0.2, 0.25) is 0 Å². The molecule has 0 radical (unpaired) electrons. The van der Waals surface area contributed by atoms with Crippen LogP contribution in [0, 0.1) is 22.7 Å². The van der Waals surface area contributed by atoms with Crippen LogP contribution in [0.3, 0.4) is 0 Å². The zero-order chi connectivity index (χ0) is 23.5. The minimum atomic E-state index is -4.86. The van der Waals surface area contributed by atoms with Gasteiger partial charge in [0, 0.05) is 12.0 Å². The third kappa shape index (κ3) is 5.39. The third-order valence-corrected chi connectivity index (χ3v) is 5.28. The molecule has 3 atom stereocenters. The Morgan fingerprint density at radius 1 is 0.969 bits per heavy atom. The molecule has 32 heavy (non-hydrogen) atoms. The molecule has 168 valence electrons. The summed E-state index contributed by atoms with van der Waals surface area (Å²) in [5.41, 5.74) is -0.840. The Labute approximate surface area is 180 Å². The normalized spacial score (nSPS) is 21.2. The summed E-state index contributed by atoms with van der Waals surface area (Å²) in [6, 6.07) is 9.80. The second kappa shape index (κ2) is 9.19. The Bertz CT molecular complexity index is 1030. The van der Waals surface area contributed by atoms with Crippen LogP contribution in [0.1, 0.15) is 40.2 Å². The van der Waals surface area contributed by atoms with Gasteiger partial charge in [-0.1, -0.05) is 18.2 Å². The third-order valence-electron chi connectivity index (χ3n) is 5.28. The van der Waals surface area contributed by atoms with E-state index in [9.17, 15) is 26.3 Å². The topological polar surface area (TPSA) is 68.8 Å². The van der Waals surface area contributed by atoms with E-state index in [-0.39, 0.29) is 25.2 Å². The van der Waals surface area contributed by atoms with Crippen molar-refractivity contribution < 1.29 is 31.1 Å². The molecule has 2 aromatic rings. The summed E-state index contributed by atoms with van der Waals surface area (Å²) in [4.78, 5) is 0. The van der Waals surface area contributed by atoms with Crippen LogP contribution in [-0.2, 0) is 17.5 Å². The molecule has 10 heteroatoms. The maximum Gasteiger partial charge on any atom is 0.417 e. The van der Waals surface area contributed by atoms with Crippen LogP contribution in [0.25, 0.3) is 0 Å². The fraction of sp³-hybridized carbons (Fsp3) is 0.364. The Kier molecular flexibility index (Phi) is 6.77. The minimum Gasteiger partial charge on any atom is -0.375 e. The molecule has 1 N–H and O–H groups in total. The van der Waals surface area contributed by atoms with Gasteiger partial charge in [-0.25, -0.2) is 0 Å². The van der Waals surface area contributed by atoms with Gasteiger partial charge in [0.1, 0.15) is 6.04 Å². The van der Waals surface area contributed by atoms with Crippen molar-refractivity contribution in [2.24, 2.45) is 0 Å². The molecule has 1 fully saturated rings. The molecule has 0 saturated carbocycles. The lowest BCUT2D eigenvalue weighted by Gasteiger charge is -2.23. The number of benzene rings is 2. The van der Waals surface area contributed by atoms with E-state index in [1.165, 1.54) is 6.07 Å². The van der Waals surface area contributed by atoms with Gasteiger partial charge < -0.3 is 10.1 Å². The number of nitriles is 2. The van der Waals surface area contributed by atoms with E-state index in [0.29, 0.717) is 11.6 Å². The van der Waals surface area contributed by atoms with Crippen molar-refractivity contribution in [1.29, 1.82) is 10.5 Å². The van der Waals surface area contributed by atoms with E-state index in [0.717, 1.165) is 17.7 Å². The molecular weight excluding hydrogens is 436 g/mol. The summed E-state index contributed by atoms with van der Waals surface area (Å²) >= 11 is 0. The Morgan fingerprint density at radius 2 is 1.66 bits per heavy atom. The van der Waals surface area contributed by atoms with Crippen molar-refractivity contribution in [3.05, 3.63) is 70.3 Å². The van der Waals surface area contributed by atoms with Crippen LogP contribution in [-0.4, -0.2) is 24.9 Å². The van der Waals surface area contributed by atoms with Crippen LogP contribution in [0.5, 0.6) is 0 Å². The van der Waals surface area contributed by atoms with Gasteiger partial charge in [-0.2, -0.15) is 36.9 Å². The first kappa shape index (κ1) is 23.6. The summed E-state index contributed by atoms with van der Waals surface area (Å²) in [7, 11) is 0. The van der Waals surface area contributed by atoms with E-state index in [4.69, 9.17) is 15.3 Å². The first-order valence-electron chi connectivity index (χ1n) is 9.53. The molecule has 0 amide bonds. The van der Waals surface area contributed by atoms with Gasteiger partial charge in [0.05, 0.1) is 42.0 Å². The first-order valence-corrected chi connectivity index (χ1v) is 9.53. The molecular formula is C22H17F6N3O. The van der Waals surface area contributed by atoms with Gasteiger partial charge in [-0.3, -0.25) is 0 Å². The lowest BCUT2D eigenvalue weighted by Crippen LogP contribution is -2.44. The number of ether oxygens (including phenoxy) is 1. The number of hydrogen-bond acceptors (Lipinski definition) is 4. The number of nitrogens with zero attached hydrogens (tertiary/aromatic N) is 2. The molecule has 1 saturated heterocycles. The zero-order valence-corrected chi connectivity index (χ0v) is 16.5. The molecule has 0 bridgehead atoms. The van der Waals surface area contributed by atoms with Gasteiger partial charge in [0.15, 0.2) is 0 Å². The summed E-state index contributed by atoms with van der Waals surface area (Å²) in [6.45, 7) is 0.0335. The van der Waals surface area contributed by atoms with E-state index in [1.807, 2.05) is 6.07 Å². The van der Waals surface area contributed by atoms with Crippen molar-refractivity contribution >= 4 is 0 Å². The fourth-order valence-electron chi connectivity index (χ4n) is 3.77. The molecule has 1 unspecified atom stereocenters. The highest BCUT2D eigenvalue weighted by Crippen LogP contribution is 2.42. The molecule has 0 aromatic heterocycles. The average molecular weight is 453 g/mol. The molecule has 1 aliphatic heterocycles. The lowest BCUT2D eigenvalue weighted by molar-refractivity contribution is -0.156. The van der Waals surface area contributed by atoms with Crippen molar-refractivity contribution in [2.75, 3.05) is 6.61 Å². The summed E-state index contributed by atoms with van der Waals surface area (Å²) in [6.07, 6.45) is -9.62.